The minimum absolute atomic E-state index is 0.154. The van der Waals surface area contributed by atoms with E-state index < -0.39 is 6.10 Å². The van der Waals surface area contributed by atoms with Crippen molar-refractivity contribution in [2.24, 2.45) is 0 Å². The lowest BCUT2D eigenvalue weighted by Crippen LogP contribution is -1.96. The topological polar surface area (TPSA) is 40.5 Å². The summed E-state index contributed by atoms with van der Waals surface area (Å²) in [6.07, 6.45) is 1.50. The zero-order valence-electron chi connectivity index (χ0n) is 7.07. The summed E-state index contributed by atoms with van der Waals surface area (Å²) in [5.74, 6) is 0.154. The van der Waals surface area contributed by atoms with Crippen molar-refractivity contribution in [2.75, 3.05) is 0 Å². The molecule has 2 N–H and O–H groups in total. The van der Waals surface area contributed by atoms with Crippen LogP contribution in [-0.2, 0) is 0 Å². The molecule has 0 aliphatic heterocycles. The second-order valence-electron chi connectivity index (χ2n) is 2.75. The van der Waals surface area contributed by atoms with Crippen LogP contribution in [0.25, 0.3) is 0 Å². The van der Waals surface area contributed by atoms with Crippen molar-refractivity contribution in [1.82, 2.24) is 0 Å². The smallest absolute Gasteiger partial charge is 0.116 e. The highest BCUT2D eigenvalue weighted by Gasteiger charge is 2.09. The molecular formula is C10H11BrO2. The molecular weight excluding hydrogens is 232 g/mol. The Labute approximate surface area is 85.7 Å². The molecule has 0 amide bonds. The van der Waals surface area contributed by atoms with Crippen LogP contribution in [0.3, 0.4) is 0 Å². The number of phenols is 1. The predicted octanol–water partition coefficient (Wildman–Crippen LogP) is 2.76. The quantitative estimate of drug-likeness (QED) is 0.801. The van der Waals surface area contributed by atoms with E-state index >= 15 is 0 Å². The van der Waals surface area contributed by atoms with E-state index in [0.29, 0.717) is 12.0 Å². The lowest BCUT2D eigenvalue weighted by atomic mass is 10.1. The number of benzene rings is 1. The van der Waals surface area contributed by atoms with Crippen LogP contribution in [0, 0.1) is 0 Å². The minimum Gasteiger partial charge on any atom is -0.508 e. The number of aromatic hydroxyl groups is 1. The van der Waals surface area contributed by atoms with Crippen LogP contribution >= 0.6 is 15.9 Å². The van der Waals surface area contributed by atoms with Crippen molar-refractivity contribution in [3.05, 3.63) is 40.9 Å². The van der Waals surface area contributed by atoms with Gasteiger partial charge in [0, 0.05) is 4.47 Å². The van der Waals surface area contributed by atoms with E-state index in [-0.39, 0.29) is 5.75 Å². The van der Waals surface area contributed by atoms with Crippen molar-refractivity contribution in [3.8, 4) is 5.75 Å². The molecule has 0 radical (unpaired) electrons. The van der Waals surface area contributed by atoms with Crippen molar-refractivity contribution in [3.63, 3.8) is 0 Å². The van der Waals surface area contributed by atoms with Gasteiger partial charge in [0.1, 0.15) is 5.75 Å². The van der Waals surface area contributed by atoms with E-state index in [1.54, 1.807) is 18.2 Å². The second-order valence-corrected chi connectivity index (χ2v) is 3.60. The van der Waals surface area contributed by atoms with Gasteiger partial charge in [-0.1, -0.05) is 22.0 Å². The Morgan fingerprint density at radius 3 is 2.85 bits per heavy atom. The molecule has 0 fully saturated rings. The molecule has 0 unspecified atom stereocenters. The fraction of sp³-hybridized carbons (Fsp3) is 0.200. The van der Waals surface area contributed by atoms with Crippen molar-refractivity contribution >= 4 is 15.9 Å². The van der Waals surface area contributed by atoms with Crippen LogP contribution in [-0.4, -0.2) is 10.2 Å². The predicted molar refractivity (Wildman–Crippen MR) is 55.6 cm³/mol. The van der Waals surface area contributed by atoms with Crippen LogP contribution in [0.1, 0.15) is 18.1 Å². The maximum absolute atomic E-state index is 9.61. The summed E-state index contributed by atoms with van der Waals surface area (Å²) in [6.45, 7) is 3.54. The fourth-order valence-electron chi connectivity index (χ4n) is 1.07. The van der Waals surface area contributed by atoms with Gasteiger partial charge in [-0.05, 0) is 30.2 Å². The van der Waals surface area contributed by atoms with Crippen LogP contribution in [0.4, 0.5) is 0 Å². The Balaban J connectivity index is 2.97. The summed E-state index contributed by atoms with van der Waals surface area (Å²) in [5.41, 5.74) is 0.680. The number of rotatable bonds is 3. The number of halogens is 1. The maximum Gasteiger partial charge on any atom is 0.116 e. The van der Waals surface area contributed by atoms with E-state index in [4.69, 9.17) is 0 Å². The number of hydrogen-bond donors (Lipinski definition) is 2. The summed E-state index contributed by atoms with van der Waals surface area (Å²) in [4.78, 5) is 0. The summed E-state index contributed by atoms with van der Waals surface area (Å²) in [7, 11) is 0. The van der Waals surface area contributed by atoms with Crippen LogP contribution in [0.5, 0.6) is 5.75 Å². The molecule has 13 heavy (non-hydrogen) atoms. The fourth-order valence-corrected chi connectivity index (χ4v) is 1.58. The van der Waals surface area contributed by atoms with Gasteiger partial charge in [0.2, 0.25) is 0 Å². The molecule has 1 aromatic rings. The number of aliphatic hydroxyl groups excluding tert-OH is 1. The maximum atomic E-state index is 9.61. The third kappa shape index (κ3) is 2.57. The lowest BCUT2D eigenvalue weighted by Gasteiger charge is -2.10. The average molecular weight is 243 g/mol. The largest absolute Gasteiger partial charge is 0.508 e. The minimum atomic E-state index is -0.612. The summed E-state index contributed by atoms with van der Waals surface area (Å²) in [6, 6.07) is 4.81. The van der Waals surface area contributed by atoms with E-state index in [0.717, 1.165) is 4.47 Å². The van der Waals surface area contributed by atoms with Gasteiger partial charge in [-0.3, -0.25) is 0 Å². The summed E-state index contributed by atoms with van der Waals surface area (Å²) >= 11 is 3.30. The van der Waals surface area contributed by atoms with E-state index in [1.165, 1.54) is 6.07 Å². The first-order chi connectivity index (χ1) is 6.15. The Kier molecular flexibility index (Phi) is 3.51. The SMILES string of the molecule is C=CC[C@H](O)c1cc(O)ccc1Br. The highest BCUT2D eigenvalue weighted by molar-refractivity contribution is 9.10. The first kappa shape index (κ1) is 10.3. The molecule has 0 aliphatic rings. The molecule has 3 heteroatoms. The molecule has 0 aliphatic carbocycles. The van der Waals surface area contributed by atoms with Gasteiger partial charge < -0.3 is 10.2 Å². The normalized spacial score (nSPS) is 12.5. The molecule has 2 nitrogen and oxygen atoms in total. The lowest BCUT2D eigenvalue weighted by molar-refractivity contribution is 0.180. The van der Waals surface area contributed by atoms with Crippen LogP contribution < -0.4 is 0 Å². The molecule has 0 bridgehead atoms. The van der Waals surface area contributed by atoms with Gasteiger partial charge in [-0.15, -0.1) is 6.58 Å². The standard InChI is InChI=1S/C10H11BrO2/c1-2-3-10(13)8-6-7(12)4-5-9(8)11/h2,4-6,10,12-13H,1,3H2/t10-/m0/s1. The van der Waals surface area contributed by atoms with Crippen molar-refractivity contribution in [2.45, 2.75) is 12.5 Å². The van der Waals surface area contributed by atoms with Crippen LogP contribution in [0.2, 0.25) is 0 Å². The average Bonchev–Trinajstić information content (AvgIpc) is 2.09. The Bertz CT molecular complexity index is 310. The highest BCUT2D eigenvalue weighted by Crippen LogP contribution is 2.28. The van der Waals surface area contributed by atoms with E-state index in [9.17, 15) is 10.2 Å². The Morgan fingerprint density at radius 1 is 1.54 bits per heavy atom. The van der Waals surface area contributed by atoms with Gasteiger partial charge >= 0.3 is 0 Å². The first-order valence-corrected chi connectivity index (χ1v) is 4.72. The third-order valence-corrected chi connectivity index (χ3v) is 2.45. The molecule has 0 heterocycles. The number of phenolic OH excluding ortho intramolecular Hbond substituents is 1. The Morgan fingerprint density at radius 2 is 2.23 bits per heavy atom. The Hall–Kier alpha value is -0.800. The van der Waals surface area contributed by atoms with Gasteiger partial charge in [0.15, 0.2) is 0 Å². The number of aliphatic hydroxyl groups is 1. The molecule has 1 atom stereocenters. The molecule has 1 aromatic carbocycles. The van der Waals surface area contributed by atoms with Gasteiger partial charge in [-0.25, -0.2) is 0 Å². The monoisotopic (exact) mass is 242 g/mol. The molecule has 1 rings (SSSR count). The van der Waals surface area contributed by atoms with E-state index in [2.05, 4.69) is 22.5 Å². The molecule has 0 saturated heterocycles. The zero-order chi connectivity index (χ0) is 9.84. The van der Waals surface area contributed by atoms with Crippen molar-refractivity contribution < 1.29 is 10.2 Å². The number of hydrogen-bond acceptors (Lipinski definition) is 2. The molecule has 0 spiro atoms. The van der Waals surface area contributed by atoms with Gasteiger partial charge in [0.25, 0.3) is 0 Å². The molecule has 70 valence electrons. The first-order valence-electron chi connectivity index (χ1n) is 3.92. The van der Waals surface area contributed by atoms with Crippen LogP contribution in [0.15, 0.2) is 35.3 Å². The highest BCUT2D eigenvalue weighted by atomic mass is 79.9. The molecule has 0 aromatic heterocycles. The summed E-state index contributed by atoms with van der Waals surface area (Å²) < 4.78 is 0.791. The second kappa shape index (κ2) is 4.44. The van der Waals surface area contributed by atoms with Crippen molar-refractivity contribution in [1.29, 1.82) is 0 Å². The zero-order valence-corrected chi connectivity index (χ0v) is 8.66. The van der Waals surface area contributed by atoms with Gasteiger partial charge in [0.05, 0.1) is 6.10 Å². The molecule has 0 saturated carbocycles. The third-order valence-electron chi connectivity index (χ3n) is 1.73. The van der Waals surface area contributed by atoms with Gasteiger partial charge in [-0.2, -0.15) is 0 Å². The summed E-state index contributed by atoms with van der Waals surface area (Å²) in [5, 5.41) is 18.8. The van der Waals surface area contributed by atoms with E-state index in [1.807, 2.05) is 0 Å².